The van der Waals surface area contributed by atoms with E-state index in [4.69, 9.17) is 4.98 Å². The van der Waals surface area contributed by atoms with Crippen molar-refractivity contribution in [1.29, 1.82) is 0 Å². The Morgan fingerprint density at radius 2 is 1.77 bits per heavy atom. The van der Waals surface area contributed by atoms with Gasteiger partial charge in [0, 0.05) is 61.8 Å². The number of aliphatic hydroxyl groups excluding tert-OH is 1. The van der Waals surface area contributed by atoms with Gasteiger partial charge in [-0.05, 0) is 69.0 Å². The van der Waals surface area contributed by atoms with Crippen LogP contribution in [0.4, 0.5) is 5.95 Å². The fourth-order valence-electron chi connectivity index (χ4n) is 5.80. The van der Waals surface area contributed by atoms with E-state index in [0.717, 1.165) is 87.4 Å². The first-order valence-corrected chi connectivity index (χ1v) is 13.2. The van der Waals surface area contributed by atoms with Gasteiger partial charge in [-0.15, -0.1) is 0 Å². The van der Waals surface area contributed by atoms with Crippen molar-refractivity contribution in [2.24, 2.45) is 0 Å². The number of nitrogens with zero attached hydrogens (tertiary/aromatic N) is 5. The van der Waals surface area contributed by atoms with Gasteiger partial charge in [0.15, 0.2) is 0 Å². The van der Waals surface area contributed by atoms with Crippen molar-refractivity contribution >= 4 is 27.8 Å². The average molecular weight is 477 g/mol. The Morgan fingerprint density at radius 1 is 1.00 bits per heavy atom. The van der Waals surface area contributed by atoms with Gasteiger partial charge in [0.25, 0.3) is 5.56 Å². The average Bonchev–Trinajstić information content (AvgIpc) is 2.84. The number of fused-ring (bicyclic) bond motifs is 3. The largest absolute Gasteiger partial charge is 0.393 e. The second kappa shape index (κ2) is 9.48. The summed E-state index contributed by atoms with van der Waals surface area (Å²) in [4.78, 5) is 28.4. The number of aromatic nitrogens is 3. The third kappa shape index (κ3) is 4.55. The number of rotatable bonds is 5. The number of hydrogen-bond donors (Lipinski definition) is 2. The molecule has 2 N–H and O–H groups in total. The molecule has 8 nitrogen and oxygen atoms in total. The molecule has 1 saturated heterocycles. The minimum atomic E-state index is -0.269. The molecule has 2 aromatic heterocycles. The van der Waals surface area contributed by atoms with E-state index in [0.29, 0.717) is 17.6 Å². The number of anilines is 1. The number of nitrogens with one attached hydrogen (secondary N) is 1. The van der Waals surface area contributed by atoms with Crippen LogP contribution in [0.15, 0.2) is 29.2 Å². The molecule has 3 aromatic rings. The van der Waals surface area contributed by atoms with Crippen LogP contribution in [0.25, 0.3) is 21.8 Å². The summed E-state index contributed by atoms with van der Waals surface area (Å²) in [5.41, 5.74) is 1.92. The summed E-state index contributed by atoms with van der Waals surface area (Å²) in [6, 6.07) is 6.80. The molecule has 1 aliphatic heterocycles. The van der Waals surface area contributed by atoms with Crippen molar-refractivity contribution < 1.29 is 5.11 Å². The van der Waals surface area contributed by atoms with Gasteiger partial charge in [-0.3, -0.25) is 14.3 Å². The smallest absolute Gasteiger partial charge is 0.260 e. The highest BCUT2D eigenvalue weighted by Crippen LogP contribution is 2.32. The molecule has 3 fully saturated rings. The van der Waals surface area contributed by atoms with Gasteiger partial charge < -0.3 is 15.3 Å². The van der Waals surface area contributed by atoms with Gasteiger partial charge in [0.2, 0.25) is 5.95 Å². The Bertz CT molecular complexity index is 1270. The van der Waals surface area contributed by atoms with Crippen LogP contribution in [-0.2, 0) is 6.54 Å². The van der Waals surface area contributed by atoms with Crippen LogP contribution in [0.5, 0.6) is 0 Å². The summed E-state index contributed by atoms with van der Waals surface area (Å²) in [6.07, 6.45) is 8.16. The van der Waals surface area contributed by atoms with Crippen molar-refractivity contribution in [3.05, 3.63) is 40.3 Å². The predicted octanol–water partition coefficient (Wildman–Crippen LogP) is 3.13. The third-order valence-corrected chi connectivity index (χ3v) is 8.29. The van der Waals surface area contributed by atoms with Gasteiger partial charge in [0.05, 0.1) is 6.10 Å². The number of piperazine rings is 1. The van der Waals surface area contributed by atoms with Crippen LogP contribution in [-0.4, -0.2) is 74.8 Å². The van der Waals surface area contributed by atoms with Crippen LogP contribution in [0.1, 0.15) is 56.6 Å². The number of benzene rings is 1. The van der Waals surface area contributed by atoms with E-state index in [1.807, 2.05) is 10.8 Å². The Labute approximate surface area is 206 Å². The molecule has 0 atom stereocenters. The fraction of sp³-hybridized carbons (Fsp3) is 0.593. The van der Waals surface area contributed by atoms with Crippen LogP contribution < -0.4 is 10.9 Å². The summed E-state index contributed by atoms with van der Waals surface area (Å²) < 4.78 is 1.91. The van der Waals surface area contributed by atoms with Crippen molar-refractivity contribution in [1.82, 2.24) is 24.3 Å². The highest BCUT2D eigenvalue weighted by molar-refractivity contribution is 6.04. The van der Waals surface area contributed by atoms with Gasteiger partial charge in [0.1, 0.15) is 5.65 Å². The van der Waals surface area contributed by atoms with Crippen LogP contribution in [0.2, 0.25) is 0 Å². The molecule has 2 aliphatic carbocycles. The van der Waals surface area contributed by atoms with Gasteiger partial charge >= 0.3 is 0 Å². The maximum absolute atomic E-state index is 14.0. The van der Waals surface area contributed by atoms with E-state index >= 15 is 0 Å². The first kappa shape index (κ1) is 22.9. The molecule has 0 unspecified atom stereocenters. The standard InChI is InChI=1S/C27H36N6O2/c1-31-11-13-32(14-12-31)17-18-5-10-22-23(15-18)26(35)33(20-6-8-21(34)9-7-20)25-24(22)16-28-27(30-25)29-19-3-2-4-19/h5,10,15-16,19-21,34H,2-4,6-9,11-14,17H2,1H3,(H,28,29,30). The molecule has 3 aliphatic rings. The third-order valence-electron chi connectivity index (χ3n) is 8.29. The maximum atomic E-state index is 14.0. The zero-order chi connectivity index (χ0) is 23.9. The molecule has 6 rings (SSSR count). The fourth-order valence-corrected chi connectivity index (χ4v) is 5.80. The molecule has 1 aromatic carbocycles. The SMILES string of the molecule is CN1CCN(Cc2ccc3c(c2)c(=O)n(C2CCC(O)CC2)c2nc(NC4CCC4)ncc32)CC1. The summed E-state index contributed by atoms with van der Waals surface area (Å²) in [5.74, 6) is 0.609. The number of aliphatic hydroxyl groups is 1. The second-order valence-corrected chi connectivity index (χ2v) is 10.8. The molecule has 35 heavy (non-hydrogen) atoms. The quantitative estimate of drug-likeness (QED) is 0.547. The van der Waals surface area contributed by atoms with Crippen molar-refractivity contribution in [3.63, 3.8) is 0 Å². The molecule has 0 spiro atoms. The van der Waals surface area contributed by atoms with E-state index in [9.17, 15) is 9.90 Å². The predicted molar refractivity (Wildman–Crippen MR) is 139 cm³/mol. The van der Waals surface area contributed by atoms with Crippen molar-refractivity contribution in [2.75, 3.05) is 38.5 Å². The lowest BCUT2D eigenvalue weighted by molar-refractivity contribution is 0.111. The zero-order valence-corrected chi connectivity index (χ0v) is 20.6. The molecule has 0 amide bonds. The van der Waals surface area contributed by atoms with Crippen LogP contribution in [0.3, 0.4) is 0 Å². The normalized spacial score (nSPS) is 24.6. The molecule has 0 bridgehead atoms. The Hall–Kier alpha value is -2.55. The van der Waals surface area contributed by atoms with Gasteiger partial charge in [-0.25, -0.2) is 4.98 Å². The first-order valence-electron chi connectivity index (χ1n) is 13.2. The zero-order valence-electron chi connectivity index (χ0n) is 20.6. The Morgan fingerprint density at radius 3 is 2.49 bits per heavy atom. The number of pyridine rings is 1. The number of likely N-dealkylation sites (N-methyl/N-ethyl adjacent to an activating group) is 1. The van der Waals surface area contributed by atoms with E-state index in [-0.39, 0.29) is 17.7 Å². The highest BCUT2D eigenvalue weighted by atomic mass is 16.3. The van der Waals surface area contributed by atoms with Crippen molar-refractivity contribution in [2.45, 2.75) is 69.7 Å². The maximum Gasteiger partial charge on any atom is 0.260 e. The molecular formula is C27H36N6O2. The first-order chi connectivity index (χ1) is 17.0. The summed E-state index contributed by atoms with van der Waals surface area (Å²) in [6.45, 7) is 5.11. The Balaban J connectivity index is 1.43. The lowest BCUT2D eigenvalue weighted by atomic mass is 9.92. The molecule has 8 heteroatoms. The lowest BCUT2D eigenvalue weighted by Gasteiger charge is -2.32. The highest BCUT2D eigenvalue weighted by Gasteiger charge is 2.26. The van der Waals surface area contributed by atoms with E-state index in [1.54, 1.807) is 0 Å². The summed E-state index contributed by atoms with van der Waals surface area (Å²) in [5, 5.41) is 16.1. The molecule has 0 radical (unpaired) electrons. The molecule has 2 saturated carbocycles. The minimum Gasteiger partial charge on any atom is -0.393 e. The van der Waals surface area contributed by atoms with Gasteiger partial charge in [-0.1, -0.05) is 12.1 Å². The van der Waals surface area contributed by atoms with Crippen molar-refractivity contribution in [3.8, 4) is 0 Å². The Kier molecular flexibility index (Phi) is 6.20. The van der Waals surface area contributed by atoms with E-state index in [1.165, 1.54) is 12.0 Å². The van der Waals surface area contributed by atoms with Gasteiger partial charge in [-0.2, -0.15) is 4.98 Å². The monoisotopic (exact) mass is 476 g/mol. The lowest BCUT2D eigenvalue weighted by Crippen LogP contribution is -2.43. The molecular weight excluding hydrogens is 440 g/mol. The minimum absolute atomic E-state index is 0.0300. The number of hydrogen-bond acceptors (Lipinski definition) is 7. The summed E-state index contributed by atoms with van der Waals surface area (Å²) >= 11 is 0. The molecule has 3 heterocycles. The van der Waals surface area contributed by atoms with Crippen LogP contribution >= 0.6 is 0 Å². The topological polar surface area (TPSA) is 86.5 Å². The summed E-state index contributed by atoms with van der Waals surface area (Å²) in [7, 11) is 2.17. The molecule has 186 valence electrons. The second-order valence-electron chi connectivity index (χ2n) is 10.8. The van der Waals surface area contributed by atoms with Crippen LogP contribution in [0, 0.1) is 0 Å². The van der Waals surface area contributed by atoms with E-state index in [2.05, 4.69) is 45.3 Å². The van der Waals surface area contributed by atoms with E-state index < -0.39 is 0 Å².